The third-order valence-corrected chi connectivity index (χ3v) is 6.22. The van der Waals surface area contributed by atoms with Gasteiger partial charge in [0, 0.05) is 6.54 Å². The number of hydrogen-bond acceptors (Lipinski definition) is 6. The van der Waals surface area contributed by atoms with Gasteiger partial charge in [-0.2, -0.15) is 0 Å². The molecule has 1 saturated heterocycles. The number of carbonyl (C=O) groups excluding carboxylic acids is 1. The van der Waals surface area contributed by atoms with Crippen LogP contribution < -0.4 is 5.32 Å². The summed E-state index contributed by atoms with van der Waals surface area (Å²) < 4.78 is 19.5. The van der Waals surface area contributed by atoms with E-state index in [-0.39, 0.29) is 31.3 Å². The Morgan fingerprint density at radius 1 is 1.21 bits per heavy atom. The number of cyclic esters (lactones) is 1. The number of nitrogens with zero attached hydrogens (tertiary/aromatic N) is 3. The van der Waals surface area contributed by atoms with Gasteiger partial charge in [0.05, 0.1) is 31.9 Å². The highest BCUT2D eigenvalue weighted by atomic mass is 19.1. The number of benzene rings is 2. The van der Waals surface area contributed by atoms with Crippen molar-refractivity contribution in [2.45, 2.75) is 57.9 Å². The zero-order valence-electron chi connectivity index (χ0n) is 19.4. The van der Waals surface area contributed by atoms with E-state index in [1.807, 2.05) is 6.07 Å². The third kappa shape index (κ3) is 5.87. The Balaban J connectivity index is 1.36. The first kappa shape index (κ1) is 24.0. The minimum atomic E-state index is -0.296. The predicted octanol–water partition coefficient (Wildman–Crippen LogP) is 3.68. The smallest absolute Gasteiger partial charge is 0.313 e. The van der Waals surface area contributed by atoms with Crippen LogP contribution in [0.1, 0.15) is 47.6 Å². The van der Waals surface area contributed by atoms with Crippen molar-refractivity contribution in [1.29, 1.82) is 0 Å². The van der Waals surface area contributed by atoms with Crippen LogP contribution in [0.4, 0.5) is 4.39 Å². The molecule has 0 radical (unpaired) electrons. The molecule has 0 saturated carbocycles. The van der Waals surface area contributed by atoms with Gasteiger partial charge in [0.25, 0.3) is 0 Å². The van der Waals surface area contributed by atoms with E-state index >= 15 is 0 Å². The summed E-state index contributed by atoms with van der Waals surface area (Å²) in [7, 11) is 0. The molecule has 0 bridgehead atoms. The average Bonchev–Trinajstić information content (AvgIpc) is 3.30. The van der Waals surface area contributed by atoms with E-state index < -0.39 is 0 Å². The molecular formula is C26H31FN4O3. The SMILES string of the molecule is Cc1cc(C2CC[C@H](Cn3cc(CO)nn3)OC2=O)ccc1-c1ccc(CNCCCF)cc1. The molecule has 8 heteroatoms. The lowest BCUT2D eigenvalue weighted by molar-refractivity contribution is -0.157. The van der Waals surface area contributed by atoms with Gasteiger partial charge in [0.1, 0.15) is 11.8 Å². The lowest BCUT2D eigenvalue weighted by atomic mass is 9.88. The van der Waals surface area contributed by atoms with E-state index in [1.165, 1.54) is 0 Å². The predicted molar refractivity (Wildman–Crippen MR) is 127 cm³/mol. The Bertz CT molecular complexity index is 1100. The highest BCUT2D eigenvalue weighted by Gasteiger charge is 2.32. The van der Waals surface area contributed by atoms with Gasteiger partial charge in [-0.3, -0.25) is 9.18 Å². The van der Waals surface area contributed by atoms with E-state index in [9.17, 15) is 9.18 Å². The molecule has 7 nitrogen and oxygen atoms in total. The van der Waals surface area contributed by atoms with E-state index in [2.05, 4.69) is 59.0 Å². The Kier molecular flexibility index (Phi) is 8.03. The van der Waals surface area contributed by atoms with Crippen LogP contribution in [-0.2, 0) is 29.2 Å². The van der Waals surface area contributed by atoms with Gasteiger partial charge in [0.2, 0.25) is 0 Å². The Morgan fingerprint density at radius 3 is 2.71 bits per heavy atom. The number of nitrogens with one attached hydrogen (secondary N) is 1. The number of carbonyl (C=O) groups is 1. The van der Waals surface area contributed by atoms with Crippen molar-refractivity contribution in [2.75, 3.05) is 13.2 Å². The van der Waals surface area contributed by atoms with Crippen molar-refractivity contribution in [1.82, 2.24) is 20.3 Å². The quantitative estimate of drug-likeness (QED) is 0.350. The van der Waals surface area contributed by atoms with Crippen molar-refractivity contribution in [3.05, 3.63) is 71.0 Å². The fourth-order valence-corrected chi connectivity index (χ4v) is 4.37. The van der Waals surface area contributed by atoms with Gasteiger partial charge in [-0.05, 0) is 60.5 Å². The van der Waals surface area contributed by atoms with E-state index in [1.54, 1.807) is 10.9 Å². The van der Waals surface area contributed by atoms with Crippen LogP contribution in [0.5, 0.6) is 0 Å². The molecule has 1 unspecified atom stereocenters. The second kappa shape index (κ2) is 11.4. The number of aliphatic hydroxyl groups excluding tert-OH is 1. The summed E-state index contributed by atoms with van der Waals surface area (Å²) in [6.07, 6.45) is 3.41. The van der Waals surface area contributed by atoms with E-state index in [0.717, 1.165) is 40.8 Å². The summed E-state index contributed by atoms with van der Waals surface area (Å²) >= 11 is 0. The summed E-state index contributed by atoms with van der Waals surface area (Å²) in [4.78, 5) is 12.8. The zero-order chi connectivity index (χ0) is 23.9. The van der Waals surface area contributed by atoms with Crippen molar-refractivity contribution < 1.29 is 19.0 Å². The van der Waals surface area contributed by atoms with Crippen LogP contribution in [0.15, 0.2) is 48.7 Å². The second-order valence-electron chi connectivity index (χ2n) is 8.77. The summed E-state index contributed by atoms with van der Waals surface area (Å²) in [5.74, 6) is -0.485. The second-order valence-corrected chi connectivity index (χ2v) is 8.77. The first-order valence-electron chi connectivity index (χ1n) is 11.7. The lowest BCUT2D eigenvalue weighted by Crippen LogP contribution is -2.32. The van der Waals surface area contributed by atoms with Crippen molar-refractivity contribution in [3.8, 4) is 11.1 Å². The third-order valence-electron chi connectivity index (χ3n) is 6.22. The molecule has 1 fully saturated rings. The summed E-state index contributed by atoms with van der Waals surface area (Å²) in [5, 5.41) is 20.2. The topological polar surface area (TPSA) is 89.3 Å². The molecule has 1 aliphatic rings. The molecule has 180 valence electrons. The Labute approximate surface area is 198 Å². The molecule has 4 rings (SSSR count). The van der Waals surface area contributed by atoms with Gasteiger partial charge in [-0.15, -0.1) is 5.10 Å². The van der Waals surface area contributed by atoms with Gasteiger partial charge < -0.3 is 15.2 Å². The molecule has 3 aromatic rings. The molecule has 1 aromatic heterocycles. The normalized spacial score (nSPS) is 18.1. The number of aryl methyl sites for hydroxylation is 1. The van der Waals surface area contributed by atoms with Gasteiger partial charge in [-0.1, -0.05) is 47.7 Å². The van der Waals surface area contributed by atoms with E-state index in [4.69, 9.17) is 9.84 Å². The molecule has 0 aliphatic carbocycles. The highest BCUT2D eigenvalue weighted by molar-refractivity contribution is 5.80. The number of rotatable bonds is 10. The van der Waals surface area contributed by atoms with Crippen LogP contribution in [0.25, 0.3) is 11.1 Å². The molecule has 2 atom stereocenters. The number of hydrogen-bond donors (Lipinski definition) is 2. The standard InChI is InChI=1S/C26H31FN4O3/c1-18-13-21(7-9-24(18)20-5-3-19(4-6-20)14-28-12-2-11-27)25-10-8-23(34-26(25)33)16-31-15-22(17-32)29-30-31/h3-7,9,13,15,23,25,28,32H,2,8,10-12,14,16-17H2,1H3/t23-,25?/m1/s1. The molecule has 0 spiro atoms. The number of ether oxygens (including phenoxy) is 1. The van der Waals surface area contributed by atoms with Crippen LogP contribution in [0, 0.1) is 6.92 Å². The van der Waals surface area contributed by atoms with Gasteiger partial charge in [0.15, 0.2) is 0 Å². The first-order valence-corrected chi connectivity index (χ1v) is 11.7. The van der Waals surface area contributed by atoms with Crippen LogP contribution >= 0.6 is 0 Å². The molecule has 2 heterocycles. The largest absolute Gasteiger partial charge is 0.460 e. The first-order chi connectivity index (χ1) is 16.6. The Hall–Kier alpha value is -3.10. The summed E-state index contributed by atoms with van der Waals surface area (Å²) in [5.41, 5.74) is 6.00. The van der Waals surface area contributed by atoms with Crippen molar-refractivity contribution >= 4 is 5.97 Å². The summed E-state index contributed by atoms with van der Waals surface area (Å²) in [6.45, 7) is 3.44. The molecule has 34 heavy (non-hydrogen) atoms. The van der Waals surface area contributed by atoms with Crippen LogP contribution in [-0.4, -0.2) is 45.4 Å². The molecular weight excluding hydrogens is 435 g/mol. The van der Waals surface area contributed by atoms with Gasteiger partial charge in [-0.25, -0.2) is 4.68 Å². The van der Waals surface area contributed by atoms with Gasteiger partial charge >= 0.3 is 5.97 Å². The summed E-state index contributed by atoms with van der Waals surface area (Å²) in [6, 6.07) is 14.5. The van der Waals surface area contributed by atoms with Crippen LogP contribution in [0.3, 0.4) is 0 Å². The Morgan fingerprint density at radius 2 is 2.03 bits per heavy atom. The molecule has 0 amide bonds. The number of esters is 1. The zero-order valence-corrected chi connectivity index (χ0v) is 19.4. The molecule has 2 N–H and O–H groups in total. The average molecular weight is 467 g/mol. The van der Waals surface area contributed by atoms with Crippen molar-refractivity contribution in [2.24, 2.45) is 0 Å². The van der Waals surface area contributed by atoms with Crippen molar-refractivity contribution in [3.63, 3.8) is 0 Å². The fraction of sp³-hybridized carbons (Fsp3) is 0.423. The molecule has 1 aliphatic heterocycles. The maximum absolute atomic E-state index is 12.8. The lowest BCUT2D eigenvalue weighted by Gasteiger charge is -2.28. The maximum Gasteiger partial charge on any atom is 0.313 e. The maximum atomic E-state index is 12.8. The number of aromatic nitrogens is 3. The minimum absolute atomic E-state index is 0.162. The van der Waals surface area contributed by atoms with E-state index in [0.29, 0.717) is 31.6 Å². The highest BCUT2D eigenvalue weighted by Crippen LogP contribution is 2.33. The van der Waals surface area contributed by atoms with Crippen LogP contribution in [0.2, 0.25) is 0 Å². The monoisotopic (exact) mass is 466 g/mol. The minimum Gasteiger partial charge on any atom is -0.460 e. The fourth-order valence-electron chi connectivity index (χ4n) is 4.37. The number of aliphatic hydroxyl groups is 1. The molecule has 2 aromatic carbocycles. The number of alkyl halides is 1. The number of halogens is 1.